The summed E-state index contributed by atoms with van der Waals surface area (Å²) in [6.45, 7) is 7.04. The Bertz CT molecular complexity index is 314. The Morgan fingerprint density at radius 3 is 2.61 bits per heavy atom. The van der Waals surface area contributed by atoms with Crippen LogP contribution in [-0.4, -0.2) is 48.9 Å². The van der Waals surface area contributed by atoms with Gasteiger partial charge in [0.25, 0.3) is 0 Å². The van der Waals surface area contributed by atoms with Crippen LogP contribution in [0.25, 0.3) is 0 Å². The van der Waals surface area contributed by atoms with Crippen molar-refractivity contribution in [1.29, 1.82) is 0 Å². The Kier molecular flexibility index (Phi) is 9.50. The number of nitrogens with zero attached hydrogens (tertiary/aromatic N) is 2. The number of ether oxygens (including phenoxy) is 1. The third kappa shape index (κ3) is 5.59. The van der Waals surface area contributed by atoms with E-state index in [4.69, 9.17) is 4.74 Å². The molecule has 1 aliphatic heterocycles. The molecule has 0 bridgehead atoms. The molecule has 2 heterocycles. The number of aryl methyl sites for hydroxylation is 1. The molecule has 18 heavy (non-hydrogen) atoms. The fourth-order valence-electron chi connectivity index (χ4n) is 1.96. The number of hydrogen-bond donors (Lipinski definition) is 1. The largest absolute Gasteiger partial charge is 0.379 e. The van der Waals surface area contributed by atoms with Crippen molar-refractivity contribution in [3.05, 3.63) is 24.0 Å². The first-order valence-corrected chi connectivity index (χ1v) is 5.97. The van der Waals surface area contributed by atoms with Crippen LogP contribution in [0.1, 0.15) is 5.69 Å². The molecule has 1 fully saturated rings. The topological polar surface area (TPSA) is 29.4 Å². The lowest BCUT2D eigenvalue weighted by Gasteiger charge is -2.26. The number of nitrogens with one attached hydrogen (secondary N) is 1. The first kappa shape index (κ1) is 17.7. The summed E-state index contributed by atoms with van der Waals surface area (Å²) in [6, 6.07) is 4.24. The van der Waals surface area contributed by atoms with E-state index in [1.807, 2.05) is 0 Å². The Morgan fingerprint density at radius 1 is 1.28 bits per heavy atom. The van der Waals surface area contributed by atoms with Gasteiger partial charge in [-0.05, 0) is 12.1 Å². The van der Waals surface area contributed by atoms with Crippen LogP contribution in [-0.2, 0) is 18.3 Å². The minimum absolute atomic E-state index is 0. The summed E-state index contributed by atoms with van der Waals surface area (Å²) in [7, 11) is 2.08. The van der Waals surface area contributed by atoms with Gasteiger partial charge < -0.3 is 14.6 Å². The summed E-state index contributed by atoms with van der Waals surface area (Å²) in [5, 5.41) is 3.47. The van der Waals surface area contributed by atoms with Crippen LogP contribution >= 0.6 is 24.8 Å². The minimum atomic E-state index is 0. The highest BCUT2D eigenvalue weighted by molar-refractivity contribution is 5.85. The van der Waals surface area contributed by atoms with Crippen LogP contribution in [0, 0.1) is 0 Å². The van der Waals surface area contributed by atoms with Crippen LogP contribution in [0.2, 0.25) is 0 Å². The SMILES string of the molecule is Cl.Cl.Cn1cccc1CNCCN1CCOCC1. The number of morpholine rings is 1. The molecule has 1 aliphatic rings. The van der Waals surface area contributed by atoms with Gasteiger partial charge in [-0.15, -0.1) is 24.8 Å². The predicted molar refractivity (Wildman–Crippen MR) is 78.9 cm³/mol. The minimum Gasteiger partial charge on any atom is -0.379 e. The van der Waals surface area contributed by atoms with E-state index in [0.717, 1.165) is 45.9 Å². The zero-order valence-electron chi connectivity index (χ0n) is 10.8. The van der Waals surface area contributed by atoms with Crippen LogP contribution in [0.15, 0.2) is 18.3 Å². The zero-order chi connectivity index (χ0) is 11.2. The average molecular weight is 296 g/mol. The molecule has 1 saturated heterocycles. The summed E-state index contributed by atoms with van der Waals surface area (Å²) in [6.07, 6.45) is 2.08. The van der Waals surface area contributed by atoms with Crippen LogP contribution < -0.4 is 5.32 Å². The van der Waals surface area contributed by atoms with Gasteiger partial charge in [0.05, 0.1) is 13.2 Å². The van der Waals surface area contributed by atoms with Gasteiger partial charge >= 0.3 is 0 Å². The maximum atomic E-state index is 5.32. The Morgan fingerprint density at radius 2 is 2.00 bits per heavy atom. The normalized spacial score (nSPS) is 15.8. The molecule has 1 N–H and O–H groups in total. The highest BCUT2D eigenvalue weighted by Crippen LogP contribution is 1.98. The fraction of sp³-hybridized carbons (Fsp3) is 0.667. The molecular weight excluding hydrogens is 273 g/mol. The van der Waals surface area contributed by atoms with Gasteiger partial charge in [0.15, 0.2) is 0 Å². The van der Waals surface area contributed by atoms with Gasteiger partial charge in [-0.1, -0.05) is 0 Å². The maximum absolute atomic E-state index is 5.32. The zero-order valence-corrected chi connectivity index (χ0v) is 12.4. The van der Waals surface area contributed by atoms with Gasteiger partial charge in [-0.3, -0.25) is 4.90 Å². The molecule has 0 spiro atoms. The van der Waals surface area contributed by atoms with Gasteiger partial charge in [-0.2, -0.15) is 0 Å². The van der Waals surface area contributed by atoms with Crippen LogP contribution in [0.3, 0.4) is 0 Å². The Hall–Kier alpha value is -0.260. The molecule has 1 aromatic heterocycles. The third-order valence-electron chi connectivity index (χ3n) is 3.07. The second-order valence-corrected chi connectivity index (χ2v) is 4.24. The van der Waals surface area contributed by atoms with Crippen molar-refractivity contribution in [3.63, 3.8) is 0 Å². The molecule has 0 radical (unpaired) electrons. The summed E-state index contributed by atoms with van der Waals surface area (Å²) in [5.41, 5.74) is 1.34. The van der Waals surface area contributed by atoms with Gasteiger partial charge in [0, 0.05) is 51.7 Å². The van der Waals surface area contributed by atoms with Crippen molar-refractivity contribution in [1.82, 2.24) is 14.8 Å². The van der Waals surface area contributed by atoms with E-state index in [2.05, 4.69) is 40.2 Å². The van der Waals surface area contributed by atoms with E-state index in [0.29, 0.717) is 0 Å². The van der Waals surface area contributed by atoms with Gasteiger partial charge in [0.2, 0.25) is 0 Å². The van der Waals surface area contributed by atoms with Crippen molar-refractivity contribution >= 4 is 24.8 Å². The van der Waals surface area contributed by atoms with E-state index in [-0.39, 0.29) is 24.8 Å². The number of hydrogen-bond acceptors (Lipinski definition) is 3. The van der Waals surface area contributed by atoms with E-state index in [1.165, 1.54) is 5.69 Å². The second-order valence-electron chi connectivity index (χ2n) is 4.24. The average Bonchev–Trinajstić information content (AvgIpc) is 2.72. The smallest absolute Gasteiger partial charge is 0.0594 e. The van der Waals surface area contributed by atoms with Crippen molar-refractivity contribution in [3.8, 4) is 0 Å². The van der Waals surface area contributed by atoms with Crippen LogP contribution in [0.4, 0.5) is 0 Å². The molecule has 0 aliphatic carbocycles. The summed E-state index contributed by atoms with van der Waals surface area (Å²) in [5.74, 6) is 0. The molecule has 0 aromatic carbocycles. The summed E-state index contributed by atoms with van der Waals surface area (Å²) in [4.78, 5) is 2.45. The highest BCUT2D eigenvalue weighted by Gasteiger charge is 2.08. The van der Waals surface area contributed by atoms with Crippen molar-refractivity contribution in [2.45, 2.75) is 6.54 Å². The lowest BCUT2D eigenvalue weighted by molar-refractivity contribution is 0.0384. The molecule has 0 saturated carbocycles. The highest BCUT2D eigenvalue weighted by atomic mass is 35.5. The van der Waals surface area contributed by atoms with Crippen molar-refractivity contribution < 1.29 is 4.74 Å². The first-order valence-electron chi connectivity index (χ1n) is 5.97. The van der Waals surface area contributed by atoms with E-state index < -0.39 is 0 Å². The van der Waals surface area contributed by atoms with E-state index in [9.17, 15) is 0 Å². The molecule has 0 amide bonds. The number of rotatable bonds is 5. The number of aromatic nitrogens is 1. The van der Waals surface area contributed by atoms with Crippen LogP contribution in [0.5, 0.6) is 0 Å². The lowest BCUT2D eigenvalue weighted by Crippen LogP contribution is -2.40. The lowest BCUT2D eigenvalue weighted by atomic mass is 10.4. The Balaban J connectivity index is 0.00000144. The number of halogens is 2. The first-order chi connectivity index (χ1) is 7.86. The molecule has 106 valence electrons. The summed E-state index contributed by atoms with van der Waals surface area (Å²) < 4.78 is 7.47. The van der Waals surface area contributed by atoms with Gasteiger partial charge in [-0.25, -0.2) is 0 Å². The molecule has 0 atom stereocenters. The van der Waals surface area contributed by atoms with Gasteiger partial charge in [0.1, 0.15) is 0 Å². The monoisotopic (exact) mass is 295 g/mol. The van der Waals surface area contributed by atoms with E-state index in [1.54, 1.807) is 0 Å². The molecule has 6 heteroatoms. The fourth-order valence-corrected chi connectivity index (χ4v) is 1.96. The second kappa shape index (κ2) is 9.64. The molecule has 2 rings (SSSR count). The quantitative estimate of drug-likeness (QED) is 0.830. The maximum Gasteiger partial charge on any atom is 0.0594 e. The van der Waals surface area contributed by atoms with Crippen molar-refractivity contribution in [2.75, 3.05) is 39.4 Å². The van der Waals surface area contributed by atoms with E-state index >= 15 is 0 Å². The third-order valence-corrected chi connectivity index (χ3v) is 3.07. The molecule has 1 aromatic rings. The Labute approximate surface area is 121 Å². The molecule has 4 nitrogen and oxygen atoms in total. The van der Waals surface area contributed by atoms with Crippen molar-refractivity contribution in [2.24, 2.45) is 7.05 Å². The summed E-state index contributed by atoms with van der Waals surface area (Å²) >= 11 is 0. The predicted octanol–water partition coefficient (Wildman–Crippen LogP) is 1.29. The molecule has 0 unspecified atom stereocenters. The standard InChI is InChI=1S/C12H21N3O.2ClH/c1-14-5-2-3-12(14)11-13-4-6-15-7-9-16-10-8-15;;/h2-3,5,13H,4,6-11H2,1H3;2*1H. The molecular formula is C12H23Cl2N3O.